The molecule has 1 amide bonds. The summed E-state index contributed by atoms with van der Waals surface area (Å²) in [6.45, 7) is 4.16. The second-order valence-electron chi connectivity index (χ2n) is 3.54. The van der Waals surface area contributed by atoms with Crippen molar-refractivity contribution in [1.82, 2.24) is 10.6 Å². The van der Waals surface area contributed by atoms with Crippen LogP contribution in [0.4, 0.5) is 0 Å². The average Bonchev–Trinajstić information content (AvgIpc) is 2.70. The lowest BCUT2D eigenvalue weighted by molar-refractivity contribution is -0.143. The van der Waals surface area contributed by atoms with Crippen molar-refractivity contribution >= 4 is 11.9 Å². The summed E-state index contributed by atoms with van der Waals surface area (Å²) in [7, 11) is 0. The van der Waals surface area contributed by atoms with E-state index in [2.05, 4.69) is 10.6 Å². The van der Waals surface area contributed by atoms with Gasteiger partial charge in [-0.2, -0.15) is 0 Å². The van der Waals surface area contributed by atoms with Gasteiger partial charge in [-0.3, -0.25) is 9.59 Å². The van der Waals surface area contributed by atoms with Crippen LogP contribution in [0.25, 0.3) is 0 Å². The smallest absolute Gasteiger partial charge is 0.307 e. The van der Waals surface area contributed by atoms with Gasteiger partial charge in [-0.1, -0.05) is 0 Å². The van der Waals surface area contributed by atoms with E-state index in [9.17, 15) is 9.59 Å². The van der Waals surface area contributed by atoms with Gasteiger partial charge >= 0.3 is 5.97 Å². The number of hydrogen-bond donors (Lipinski definition) is 2. The van der Waals surface area contributed by atoms with Gasteiger partial charge in [0.05, 0.1) is 18.9 Å². The first-order valence-corrected chi connectivity index (χ1v) is 5.38. The molecule has 1 aliphatic rings. The molecule has 1 rings (SSSR count). The fourth-order valence-electron chi connectivity index (χ4n) is 1.54. The van der Waals surface area contributed by atoms with E-state index >= 15 is 0 Å². The van der Waals surface area contributed by atoms with E-state index in [0.717, 1.165) is 19.5 Å². The van der Waals surface area contributed by atoms with Gasteiger partial charge in [-0.05, 0) is 19.9 Å². The number of nitrogens with one attached hydrogen (secondary N) is 2. The molecular formula is C10H18N2O3. The summed E-state index contributed by atoms with van der Waals surface area (Å²) in [4.78, 5) is 22.4. The van der Waals surface area contributed by atoms with Gasteiger partial charge in [0.2, 0.25) is 5.91 Å². The van der Waals surface area contributed by atoms with E-state index in [0.29, 0.717) is 13.2 Å². The lowest BCUT2D eigenvalue weighted by Crippen LogP contribution is -2.33. The van der Waals surface area contributed by atoms with Gasteiger partial charge in [0.1, 0.15) is 0 Å². The first-order chi connectivity index (χ1) is 7.24. The molecule has 0 aromatic heterocycles. The van der Waals surface area contributed by atoms with Crippen LogP contribution in [-0.2, 0) is 14.3 Å². The molecule has 1 atom stereocenters. The van der Waals surface area contributed by atoms with E-state index in [1.807, 2.05) is 0 Å². The summed E-state index contributed by atoms with van der Waals surface area (Å²) in [6.07, 6.45) is 1.13. The number of carbonyl (C=O) groups is 2. The first kappa shape index (κ1) is 12.0. The highest BCUT2D eigenvalue weighted by molar-refractivity contribution is 5.79. The molecule has 2 N–H and O–H groups in total. The fourth-order valence-corrected chi connectivity index (χ4v) is 1.54. The number of carbonyl (C=O) groups excluding carboxylic acids is 2. The Morgan fingerprint density at radius 3 is 2.93 bits per heavy atom. The lowest BCUT2D eigenvalue weighted by atomic mass is 10.1. The van der Waals surface area contributed by atoms with Crippen molar-refractivity contribution in [3.05, 3.63) is 0 Å². The quantitative estimate of drug-likeness (QED) is 0.615. The summed E-state index contributed by atoms with van der Waals surface area (Å²) < 4.78 is 4.75. The van der Waals surface area contributed by atoms with E-state index in [1.165, 1.54) is 0 Å². The highest BCUT2D eigenvalue weighted by Gasteiger charge is 2.21. The van der Waals surface area contributed by atoms with Crippen molar-refractivity contribution in [2.75, 3.05) is 26.2 Å². The van der Waals surface area contributed by atoms with Crippen LogP contribution < -0.4 is 10.6 Å². The third-order valence-electron chi connectivity index (χ3n) is 2.36. The Morgan fingerprint density at radius 1 is 1.53 bits per heavy atom. The van der Waals surface area contributed by atoms with E-state index in [-0.39, 0.29) is 24.2 Å². The number of amides is 1. The largest absolute Gasteiger partial charge is 0.466 e. The first-order valence-electron chi connectivity index (χ1n) is 5.38. The normalized spacial score (nSPS) is 19.9. The summed E-state index contributed by atoms with van der Waals surface area (Å²) in [5.41, 5.74) is 0. The molecule has 1 fully saturated rings. The summed E-state index contributed by atoms with van der Waals surface area (Å²) in [5.74, 6) is -0.168. The van der Waals surface area contributed by atoms with Gasteiger partial charge < -0.3 is 15.4 Å². The van der Waals surface area contributed by atoms with Crippen molar-refractivity contribution in [1.29, 1.82) is 0 Å². The summed E-state index contributed by atoms with van der Waals surface area (Å²) in [6, 6.07) is 0. The predicted octanol–water partition coefficient (Wildman–Crippen LogP) is -0.335. The summed E-state index contributed by atoms with van der Waals surface area (Å²) >= 11 is 0. The van der Waals surface area contributed by atoms with Crippen LogP contribution in [0.15, 0.2) is 0 Å². The van der Waals surface area contributed by atoms with Gasteiger partial charge in [0.25, 0.3) is 0 Å². The van der Waals surface area contributed by atoms with Crippen LogP contribution in [-0.4, -0.2) is 38.1 Å². The summed E-state index contributed by atoms with van der Waals surface area (Å²) in [5, 5.41) is 5.85. The number of rotatable bonds is 5. The molecular weight excluding hydrogens is 196 g/mol. The topological polar surface area (TPSA) is 67.4 Å². The van der Waals surface area contributed by atoms with Crippen molar-refractivity contribution in [3.63, 3.8) is 0 Å². The highest BCUT2D eigenvalue weighted by Crippen LogP contribution is 2.06. The van der Waals surface area contributed by atoms with Crippen molar-refractivity contribution < 1.29 is 14.3 Å². The molecule has 0 aromatic rings. The Kier molecular flexibility index (Phi) is 5.10. The third-order valence-corrected chi connectivity index (χ3v) is 2.36. The molecule has 1 saturated heterocycles. The fraction of sp³-hybridized carbons (Fsp3) is 0.800. The van der Waals surface area contributed by atoms with Crippen LogP contribution in [0.5, 0.6) is 0 Å². The monoisotopic (exact) mass is 214 g/mol. The SMILES string of the molecule is CCOC(=O)CCNC(=O)[C@H]1CCNC1. The molecule has 0 radical (unpaired) electrons. The number of hydrogen-bond acceptors (Lipinski definition) is 4. The second-order valence-corrected chi connectivity index (χ2v) is 3.54. The highest BCUT2D eigenvalue weighted by atomic mass is 16.5. The molecule has 1 heterocycles. The van der Waals surface area contributed by atoms with E-state index in [1.54, 1.807) is 6.92 Å². The molecule has 1 aliphatic heterocycles. The van der Waals surface area contributed by atoms with Crippen LogP contribution in [0.1, 0.15) is 19.8 Å². The zero-order valence-electron chi connectivity index (χ0n) is 9.04. The number of esters is 1. The van der Waals surface area contributed by atoms with E-state index < -0.39 is 0 Å². The Bertz CT molecular complexity index is 225. The standard InChI is InChI=1S/C10H18N2O3/c1-2-15-9(13)4-6-12-10(14)8-3-5-11-7-8/h8,11H,2-7H2,1H3,(H,12,14)/t8-/m0/s1. The maximum atomic E-state index is 11.5. The molecule has 0 spiro atoms. The molecule has 5 nitrogen and oxygen atoms in total. The number of ether oxygens (including phenoxy) is 1. The van der Waals surface area contributed by atoms with Crippen LogP contribution in [0, 0.1) is 5.92 Å². The molecule has 5 heteroatoms. The second kappa shape index (κ2) is 6.40. The minimum atomic E-state index is -0.262. The Morgan fingerprint density at radius 2 is 2.33 bits per heavy atom. The van der Waals surface area contributed by atoms with Gasteiger partial charge in [0.15, 0.2) is 0 Å². The maximum absolute atomic E-state index is 11.5. The lowest BCUT2D eigenvalue weighted by Gasteiger charge is -2.09. The minimum absolute atomic E-state index is 0.0318. The van der Waals surface area contributed by atoms with E-state index in [4.69, 9.17) is 4.74 Å². The Balaban J connectivity index is 2.08. The molecule has 0 aromatic carbocycles. The van der Waals surface area contributed by atoms with Crippen molar-refractivity contribution in [2.45, 2.75) is 19.8 Å². The molecule has 0 saturated carbocycles. The van der Waals surface area contributed by atoms with Gasteiger partial charge in [-0.25, -0.2) is 0 Å². The predicted molar refractivity (Wildman–Crippen MR) is 55.2 cm³/mol. The van der Waals surface area contributed by atoms with Crippen molar-refractivity contribution in [2.24, 2.45) is 5.92 Å². The average molecular weight is 214 g/mol. The Hall–Kier alpha value is -1.10. The molecule has 0 bridgehead atoms. The molecule has 15 heavy (non-hydrogen) atoms. The molecule has 86 valence electrons. The van der Waals surface area contributed by atoms with Crippen LogP contribution in [0.2, 0.25) is 0 Å². The minimum Gasteiger partial charge on any atom is -0.466 e. The maximum Gasteiger partial charge on any atom is 0.307 e. The van der Waals surface area contributed by atoms with Crippen LogP contribution in [0.3, 0.4) is 0 Å². The third kappa shape index (κ3) is 4.29. The Labute approximate surface area is 89.6 Å². The molecule has 0 aliphatic carbocycles. The zero-order chi connectivity index (χ0) is 11.1. The van der Waals surface area contributed by atoms with Gasteiger partial charge in [-0.15, -0.1) is 0 Å². The zero-order valence-corrected chi connectivity index (χ0v) is 9.04. The van der Waals surface area contributed by atoms with Crippen molar-refractivity contribution in [3.8, 4) is 0 Å². The van der Waals surface area contributed by atoms with Crippen LogP contribution >= 0.6 is 0 Å². The van der Waals surface area contributed by atoms with Gasteiger partial charge in [0, 0.05) is 13.1 Å². The molecule has 0 unspecified atom stereocenters.